The lowest BCUT2D eigenvalue weighted by atomic mass is 9.90. The summed E-state index contributed by atoms with van der Waals surface area (Å²) in [7, 11) is 0. The van der Waals surface area contributed by atoms with Crippen molar-refractivity contribution < 1.29 is 15.3 Å². The molecule has 0 saturated heterocycles. The zero-order valence-electron chi connectivity index (χ0n) is 16.6. The van der Waals surface area contributed by atoms with E-state index in [9.17, 15) is 15.3 Å². The van der Waals surface area contributed by atoms with Crippen LogP contribution < -0.4 is 0 Å². The highest BCUT2D eigenvalue weighted by molar-refractivity contribution is 5.64. The van der Waals surface area contributed by atoms with Gasteiger partial charge in [-0.3, -0.25) is 0 Å². The maximum absolute atomic E-state index is 11.0. The molecule has 0 atom stereocenters. The highest BCUT2D eigenvalue weighted by atomic mass is 16.3. The van der Waals surface area contributed by atoms with E-state index in [0.29, 0.717) is 36.0 Å². The van der Waals surface area contributed by atoms with Gasteiger partial charge in [-0.05, 0) is 16.7 Å². The summed E-state index contributed by atoms with van der Waals surface area (Å²) in [6, 6.07) is 29.1. The predicted molar refractivity (Wildman–Crippen MR) is 119 cm³/mol. The van der Waals surface area contributed by atoms with Crippen LogP contribution in [-0.2, 0) is 19.3 Å². The summed E-state index contributed by atoms with van der Waals surface area (Å²) in [4.78, 5) is 0. The normalized spacial score (nSPS) is 10.8. The van der Waals surface area contributed by atoms with Crippen molar-refractivity contribution in [3.63, 3.8) is 0 Å². The van der Waals surface area contributed by atoms with Gasteiger partial charge in [0, 0.05) is 36.0 Å². The van der Waals surface area contributed by atoms with Gasteiger partial charge < -0.3 is 15.3 Å². The van der Waals surface area contributed by atoms with Crippen molar-refractivity contribution in [2.45, 2.75) is 19.3 Å². The summed E-state index contributed by atoms with van der Waals surface area (Å²) in [5, 5.41) is 33.1. The van der Waals surface area contributed by atoms with Crippen LogP contribution in [0.5, 0.6) is 17.2 Å². The number of rotatable bonds is 6. The number of hydrogen-bond donors (Lipinski definition) is 3. The van der Waals surface area contributed by atoms with Crippen molar-refractivity contribution in [1.29, 1.82) is 0 Å². The lowest BCUT2D eigenvalue weighted by Gasteiger charge is -2.19. The predicted octanol–water partition coefficient (Wildman–Crippen LogP) is 5.58. The van der Waals surface area contributed by atoms with Crippen LogP contribution in [0.25, 0.3) is 0 Å². The third kappa shape index (κ3) is 4.15. The van der Waals surface area contributed by atoms with Gasteiger partial charge in [-0.2, -0.15) is 0 Å². The SMILES string of the molecule is Oc1c(Cc2ccccc2)c(O)c(Cc2ccccc2)c(O)c1Cc1ccccc1. The van der Waals surface area contributed by atoms with Crippen molar-refractivity contribution in [3.05, 3.63) is 124 Å². The Hall–Kier alpha value is -3.72. The molecule has 0 saturated carbocycles. The summed E-state index contributed by atoms with van der Waals surface area (Å²) in [6.07, 6.45) is 1.13. The Balaban J connectivity index is 1.83. The third-order valence-corrected chi connectivity index (χ3v) is 5.39. The van der Waals surface area contributed by atoms with Gasteiger partial charge in [-0.15, -0.1) is 0 Å². The summed E-state index contributed by atoms with van der Waals surface area (Å²) >= 11 is 0. The molecule has 4 rings (SSSR count). The van der Waals surface area contributed by atoms with Crippen LogP contribution in [0.15, 0.2) is 91.0 Å². The molecule has 4 aromatic carbocycles. The van der Waals surface area contributed by atoms with E-state index in [-0.39, 0.29) is 17.2 Å². The van der Waals surface area contributed by atoms with Crippen molar-refractivity contribution in [3.8, 4) is 17.2 Å². The molecule has 0 aromatic heterocycles. The van der Waals surface area contributed by atoms with Crippen molar-refractivity contribution in [2.24, 2.45) is 0 Å². The molecule has 0 unspecified atom stereocenters. The zero-order chi connectivity index (χ0) is 20.9. The van der Waals surface area contributed by atoms with Crippen LogP contribution in [-0.4, -0.2) is 15.3 Å². The van der Waals surface area contributed by atoms with Gasteiger partial charge in [0.25, 0.3) is 0 Å². The minimum atomic E-state index is -0.0467. The Kier molecular flexibility index (Phi) is 5.71. The fourth-order valence-electron chi connectivity index (χ4n) is 3.79. The zero-order valence-corrected chi connectivity index (χ0v) is 16.6. The van der Waals surface area contributed by atoms with E-state index in [2.05, 4.69) is 0 Å². The Morgan fingerprint density at radius 2 is 0.600 bits per heavy atom. The molecular weight excluding hydrogens is 372 g/mol. The largest absolute Gasteiger partial charge is 0.507 e. The number of phenolic OH excluding ortho intramolecular Hbond substituents is 3. The van der Waals surface area contributed by atoms with Crippen molar-refractivity contribution in [2.75, 3.05) is 0 Å². The first-order chi connectivity index (χ1) is 14.6. The van der Waals surface area contributed by atoms with Crippen LogP contribution in [0.3, 0.4) is 0 Å². The van der Waals surface area contributed by atoms with Gasteiger partial charge >= 0.3 is 0 Å². The molecule has 3 nitrogen and oxygen atoms in total. The van der Waals surface area contributed by atoms with Gasteiger partial charge in [0.1, 0.15) is 17.2 Å². The molecule has 30 heavy (non-hydrogen) atoms. The molecule has 0 radical (unpaired) electrons. The van der Waals surface area contributed by atoms with Crippen LogP contribution in [0.4, 0.5) is 0 Å². The number of benzene rings is 4. The molecule has 0 amide bonds. The maximum atomic E-state index is 11.0. The topological polar surface area (TPSA) is 60.7 Å². The summed E-state index contributed by atoms with van der Waals surface area (Å²) in [5.74, 6) is -0.140. The Morgan fingerprint density at radius 3 is 0.833 bits per heavy atom. The van der Waals surface area contributed by atoms with E-state index in [4.69, 9.17) is 0 Å². The first-order valence-electron chi connectivity index (χ1n) is 10.0. The highest BCUT2D eigenvalue weighted by Crippen LogP contribution is 2.44. The minimum Gasteiger partial charge on any atom is -0.507 e. The number of phenols is 3. The Morgan fingerprint density at radius 1 is 0.367 bits per heavy atom. The summed E-state index contributed by atoms with van der Waals surface area (Å²) in [6.45, 7) is 0. The van der Waals surface area contributed by atoms with Crippen LogP contribution in [0, 0.1) is 0 Å². The monoisotopic (exact) mass is 396 g/mol. The van der Waals surface area contributed by atoms with Crippen LogP contribution in [0.1, 0.15) is 33.4 Å². The Bertz CT molecular complexity index is 954. The maximum Gasteiger partial charge on any atom is 0.130 e. The van der Waals surface area contributed by atoms with Gasteiger partial charge in [0.05, 0.1) is 0 Å². The second-order valence-corrected chi connectivity index (χ2v) is 7.47. The average Bonchev–Trinajstić information content (AvgIpc) is 2.79. The molecule has 0 fully saturated rings. The van der Waals surface area contributed by atoms with Crippen molar-refractivity contribution in [1.82, 2.24) is 0 Å². The first-order valence-corrected chi connectivity index (χ1v) is 10.0. The summed E-state index contributed by atoms with van der Waals surface area (Å²) in [5.41, 5.74) is 4.25. The molecule has 150 valence electrons. The first kappa shape index (κ1) is 19.6. The molecule has 0 aliphatic carbocycles. The fourth-order valence-corrected chi connectivity index (χ4v) is 3.79. The molecular formula is C27H24O3. The molecule has 4 aromatic rings. The van der Waals surface area contributed by atoms with E-state index >= 15 is 0 Å². The quantitative estimate of drug-likeness (QED) is 0.399. The molecule has 0 aliphatic heterocycles. The second-order valence-electron chi connectivity index (χ2n) is 7.47. The highest BCUT2D eigenvalue weighted by Gasteiger charge is 2.24. The molecule has 3 heteroatoms. The molecule has 3 N–H and O–H groups in total. The van der Waals surface area contributed by atoms with Crippen LogP contribution in [0.2, 0.25) is 0 Å². The standard InChI is InChI=1S/C27H24O3/c28-25-22(16-19-10-4-1-5-11-19)26(29)24(18-21-14-8-3-9-15-21)27(30)23(25)17-20-12-6-2-7-13-20/h1-15,28-30H,16-18H2. The van der Waals surface area contributed by atoms with E-state index in [0.717, 1.165) is 16.7 Å². The van der Waals surface area contributed by atoms with Gasteiger partial charge in [0.2, 0.25) is 0 Å². The fraction of sp³-hybridized carbons (Fsp3) is 0.111. The lowest BCUT2D eigenvalue weighted by Crippen LogP contribution is -2.01. The lowest BCUT2D eigenvalue weighted by molar-refractivity contribution is 0.406. The van der Waals surface area contributed by atoms with Gasteiger partial charge in [0.15, 0.2) is 0 Å². The average molecular weight is 396 g/mol. The molecule has 0 aliphatic rings. The molecule has 0 bridgehead atoms. The van der Waals surface area contributed by atoms with E-state index in [1.54, 1.807) is 0 Å². The van der Waals surface area contributed by atoms with Gasteiger partial charge in [-0.1, -0.05) is 91.0 Å². The second kappa shape index (κ2) is 8.75. The van der Waals surface area contributed by atoms with E-state index < -0.39 is 0 Å². The smallest absolute Gasteiger partial charge is 0.130 e. The number of aromatic hydroxyl groups is 3. The van der Waals surface area contributed by atoms with E-state index in [1.165, 1.54) is 0 Å². The third-order valence-electron chi connectivity index (χ3n) is 5.39. The summed E-state index contributed by atoms with van der Waals surface area (Å²) < 4.78 is 0. The van der Waals surface area contributed by atoms with Crippen LogP contribution >= 0.6 is 0 Å². The molecule has 0 heterocycles. The number of hydrogen-bond acceptors (Lipinski definition) is 3. The van der Waals surface area contributed by atoms with E-state index in [1.807, 2.05) is 91.0 Å². The van der Waals surface area contributed by atoms with Gasteiger partial charge in [-0.25, -0.2) is 0 Å². The molecule has 0 spiro atoms. The Labute approximate surface area is 176 Å². The minimum absolute atomic E-state index is 0.0467. The van der Waals surface area contributed by atoms with Crippen molar-refractivity contribution >= 4 is 0 Å².